The number of nitrogens with one attached hydrogen (secondary N) is 2. The number of likely N-dealkylation sites (tertiary alicyclic amines) is 1. The Kier molecular flexibility index (Phi) is 7.62. The Morgan fingerprint density at radius 1 is 1.00 bits per heavy atom. The number of benzene rings is 1. The average Bonchev–Trinajstić information content (AvgIpc) is 2.65. The van der Waals surface area contributed by atoms with Gasteiger partial charge in [0.25, 0.3) is 0 Å². The molecule has 144 valence electrons. The molecule has 1 saturated heterocycles. The zero-order valence-corrected chi connectivity index (χ0v) is 17.0. The maximum atomic E-state index is 12.2. The van der Waals surface area contributed by atoms with Crippen LogP contribution in [0.1, 0.15) is 44.9 Å². The maximum absolute atomic E-state index is 12.2. The summed E-state index contributed by atoms with van der Waals surface area (Å²) < 4.78 is 6.86. The van der Waals surface area contributed by atoms with E-state index in [0.29, 0.717) is 18.7 Å². The first-order valence-electron chi connectivity index (χ1n) is 9.87. The number of piperidine rings is 1. The van der Waals surface area contributed by atoms with Crippen LogP contribution in [-0.4, -0.2) is 49.3 Å². The third kappa shape index (κ3) is 6.47. The lowest BCUT2D eigenvalue weighted by atomic mass is 9.96. The normalized spacial score (nSPS) is 19.9. The minimum absolute atomic E-state index is 0.0221. The van der Waals surface area contributed by atoms with Crippen LogP contribution >= 0.6 is 15.9 Å². The molecule has 2 fully saturated rings. The number of amides is 2. The fourth-order valence-corrected chi connectivity index (χ4v) is 4.05. The molecule has 0 radical (unpaired) electrons. The van der Waals surface area contributed by atoms with Gasteiger partial charge in [-0.3, -0.25) is 4.90 Å². The van der Waals surface area contributed by atoms with Crippen LogP contribution in [-0.2, 0) is 0 Å². The van der Waals surface area contributed by atoms with E-state index in [9.17, 15) is 4.79 Å². The highest BCUT2D eigenvalue weighted by molar-refractivity contribution is 9.10. The lowest BCUT2D eigenvalue weighted by Crippen LogP contribution is -2.50. The Balaban J connectivity index is 1.28. The van der Waals surface area contributed by atoms with Crippen LogP contribution in [0.15, 0.2) is 28.7 Å². The van der Waals surface area contributed by atoms with Crippen LogP contribution in [0.4, 0.5) is 4.79 Å². The van der Waals surface area contributed by atoms with Crippen molar-refractivity contribution in [3.05, 3.63) is 28.7 Å². The van der Waals surface area contributed by atoms with E-state index in [0.717, 1.165) is 55.5 Å². The number of hydrogen-bond acceptors (Lipinski definition) is 3. The quantitative estimate of drug-likeness (QED) is 0.728. The second-order valence-electron chi connectivity index (χ2n) is 7.37. The summed E-state index contributed by atoms with van der Waals surface area (Å²) in [6.45, 7) is 3.65. The van der Waals surface area contributed by atoms with E-state index >= 15 is 0 Å². The van der Waals surface area contributed by atoms with Gasteiger partial charge < -0.3 is 15.4 Å². The number of nitrogens with zero attached hydrogens (tertiary/aromatic N) is 1. The molecule has 1 aliphatic carbocycles. The van der Waals surface area contributed by atoms with E-state index in [2.05, 4.69) is 31.5 Å². The third-order valence-corrected chi connectivity index (χ3v) is 5.88. The van der Waals surface area contributed by atoms with Crippen LogP contribution < -0.4 is 15.4 Å². The fourth-order valence-electron chi connectivity index (χ4n) is 3.78. The molecule has 0 bridgehead atoms. The van der Waals surface area contributed by atoms with Crippen molar-refractivity contribution in [2.24, 2.45) is 0 Å². The topological polar surface area (TPSA) is 53.6 Å². The van der Waals surface area contributed by atoms with Crippen molar-refractivity contribution < 1.29 is 9.53 Å². The van der Waals surface area contributed by atoms with Crippen LogP contribution in [0.25, 0.3) is 0 Å². The van der Waals surface area contributed by atoms with Crippen molar-refractivity contribution in [2.75, 3.05) is 26.2 Å². The van der Waals surface area contributed by atoms with E-state index in [-0.39, 0.29) is 6.03 Å². The number of urea groups is 1. The van der Waals surface area contributed by atoms with Gasteiger partial charge in [0, 0.05) is 36.2 Å². The van der Waals surface area contributed by atoms with Gasteiger partial charge in [-0.15, -0.1) is 0 Å². The highest BCUT2D eigenvalue weighted by Gasteiger charge is 2.22. The molecule has 3 rings (SSSR count). The van der Waals surface area contributed by atoms with Crippen LogP contribution in [0.5, 0.6) is 5.75 Å². The van der Waals surface area contributed by atoms with Crippen molar-refractivity contribution >= 4 is 22.0 Å². The Bertz CT molecular complexity index is 553. The molecule has 1 aliphatic heterocycles. The molecule has 1 saturated carbocycles. The molecule has 26 heavy (non-hydrogen) atoms. The summed E-state index contributed by atoms with van der Waals surface area (Å²) in [6.07, 6.45) is 8.07. The Morgan fingerprint density at radius 2 is 1.62 bits per heavy atom. The van der Waals surface area contributed by atoms with Crippen molar-refractivity contribution in [3.63, 3.8) is 0 Å². The van der Waals surface area contributed by atoms with Crippen molar-refractivity contribution in [3.8, 4) is 5.75 Å². The van der Waals surface area contributed by atoms with Crippen molar-refractivity contribution in [2.45, 2.75) is 57.0 Å². The molecule has 5 nitrogen and oxygen atoms in total. The van der Waals surface area contributed by atoms with Crippen LogP contribution in [0.3, 0.4) is 0 Å². The molecule has 6 heteroatoms. The van der Waals surface area contributed by atoms with Crippen LogP contribution in [0.2, 0.25) is 0 Å². The van der Waals surface area contributed by atoms with E-state index in [1.807, 2.05) is 24.3 Å². The van der Waals surface area contributed by atoms with Gasteiger partial charge in [0.1, 0.15) is 12.4 Å². The summed E-state index contributed by atoms with van der Waals surface area (Å²) >= 11 is 3.43. The Morgan fingerprint density at radius 3 is 2.27 bits per heavy atom. The predicted molar refractivity (Wildman–Crippen MR) is 108 cm³/mol. The number of halogens is 1. The van der Waals surface area contributed by atoms with Crippen molar-refractivity contribution in [1.82, 2.24) is 15.5 Å². The summed E-state index contributed by atoms with van der Waals surface area (Å²) in [7, 11) is 0. The standard InChI is InChI=1S/C20H30BrN3O2/c21-16-6-8-19(9-7-16)26-15-14-24-12-10-18(11-13-24)23-20(25)22-17-4-2-1-3-5-17/h6-9,17-18H,1-5,10-15H2,(H2,22,23,25). The number of carbonyl (C=O) groups excluding carboxylic acids is 1. The maximum Gasteiger partial charge on any atom is 0.315 e. The van der Waals surface area contributed by atoms with E-state index in [1.165, 1.54) is 19.3 Å². The molecule has 0 unspecified atom stereocenters. The van der Waals surface area contributed by atoms with Crippen molar-refractivity contribution in [1.29, 1.82) is 0 Å². The average molecular weight is 424 g/mol. The van der Waals surface area contributed by atoms with E-state index in [1.54, 1.807) is 0 Å². The highest BCUT2D eigenvalue weighted by Crippen LogP contribution is 2.18. The zero-order chi connectivity index (χ0) is 18.2. The third-order valence-electron chi connectivity index (χ3n) is 5.35. The lowest BCUT2D eigenvalue weighted by Gasteiger charge is -2.32. The SMILES string of the molecule is O=C(NC1CCCCC1)NC1CCN(CCOc2ccc(Br)cc2)CC1. The minimum Gasteiger partial charge on any atom is -0.492 e. The highest BCUT2D eigenvalue weighted by atomic mass is 79.9. The number of rotatable bonds is 6. The molecule has 2 amide bonds. The molecule has 1 aromatic carbocycles. The molecule has 1 heterocycles. The molecule has 0 atom stereocenters. The van der Waals surface area contributed by atoms with Crippen LogP contribution in [0, 0.1) is 0 Å². The van der Waals surface area contributed by atoms with Gasteiger partial charge in [-0.2, -0.15) is 0 Å². The summed E-state index contributed by atoms with van der Waals surface area (Å²) in [6, 6.07) is 8.63. The number of ether oxygens (including phenoxy) is 1. The summed E-state index contributed by atoms with van der Waals surface area (Å²) in [4.78, 5) is 14.6. The van der Waals surface area contributed by atoms with E-state index in [4.69, 9.17) is 4.74 Å². The first-order chi connectivity index (χ1) is 12.7. The van der Waals surface area contributed by atoms with E-state index < -0.39 is 0 Å². The summed E-state index contributed by atoms with van der Waals surface area (Å²) in [5.41, 5.74) is 0. The molecular formula is C20H30BrN3O2. The van der Waals surface area contributed by atoms with Gasteiger partial charge in [0.15, 0.2) is 0 Å². The summed E-state index contributed by atoms with van der Waals surface area (Å²) in [5.74, 6) is 0.907. The second kappa shape index (κ2) is 10.2. The van der Waals surface area contributed by atoms with Gasteiger partial charge in [0.05, 0.1) is 0 Å². The lowest BCUT2D eigenvalue weighted by molar-refractivity contribution is 0.163. The Hall–Kier alpha value is -1.27. The van der Waals surface area contributed by atoms with Gasteiger partial charge >= 0.3 is 6.03 Å². The largest absolute Gasteiger partial charge is 0.492 e. The number of carbonyl (C=O) groups is 1. The molecule has 0 aromatic heterocycles. The molecule has 1 aromatic rings. The Labute approximate surface area is 165 Å². The van der Waals surface area contributed by atoms with Gasteiger partial charge in [-0.05, 0) is 49.9 Å². The van der Waals surface area contributed by atoms with Gasteiger partial charge in [0.2, 0.25) is 0 Å². The summed E-state index contributed by atoms with van der Waals surface area (Å²) in [5, 5.41) is 6.31. The molecule has 2 N–H and O–H groups in total. The first kappa shape index (κ1) is 19.5. The number of hydrogen-bond donors (Lipinski definition) is 2. The monoisotopic (exact) mass is 423 g/mol. The molecular weight excluding hydrogens is 394 g/mol. The zero-order valence-electron chi connectivity index (χ0n) is 15.4. The van der Waals surface area contributed by atoms with Gasteiger partial charge in [-0.1, -0.05) is 35.2 Å². The first-order valence-corrected chi connectivity index (χ1v) is 10.7. The molecule has 2 aliphatic rings. The second-order valence-corrected chi connectivity index (χ2v) is 8.29. The fraction of sp³-hybridized carbons (Fsp3) is 0.650. The van der Waals surface area contributed by atoms with Gasteiger partial charge in [-0.25, -0.2) is 4.79 Å². The molecule has 0 spiro atoms. The minimum atomic E-state index is 0.0221. The smallest absolute Gasteiger partial charge is 0.315 e. The predicted octanol–water partition coefficient (Wildman–Crippen LogP) is 3.92.